The van der Waals surface area contributed by atoms with Gasteiger partial charge in [0.25, 0.3) is 5.56 Å². The van der Waals surface area contributed by atoms with Gasteiger partial charge >= 0.3 is 0 Å². The number of carbonyl (C=O) groups excluding carboxylic acids is 1. The molecule has 0 saturated carbocycles. The highest BCUT2D eigenvalue weighted by Crippen LogP contribution is 2.33. The Morgan fingerprint density at radius 1 is 1.23 bits per heavy atom. The van der Waals surface area contributed by atoms with Crippen LogP contribution in [0.1, 0.15) is 36.0 Å². The second kappa shape index (κ2) is 7.32. The predicted molar refractivity (Wildman–Crippen MR) is 104 cm³/mol. The third-order valence-corrected chi connectivity index (χ3v) is 6.43. The SMILES string of the molecule is C/C=C/C(=O)N1CCN(Cc2nc3sc4c(c3c(=O)[nH]2)CCCC4)CC1. The molecule has 0 atom stereocenters. The van der Waals surface area contributed by atoms with Crippen molar-refractivity contribution in [2.75, 3.05) is 26.2 Å². The van der Waals surface area contributed by atoms with Gasteiger partial charge in [0.1, 0.15) is 10.7 Å². The second-order valence-corrected chi connectivity index (χ2v) is 8.09. The lowest BCUT2D eigenvalue weighted by Crippen LogP contribution is -2.48. The summed E-state index contributed by atoms with van der Waals surface area (Å²) in [6.07, 6.45) is 7.84. The van der Waals surface area contributed by atoms with Crippen molar-refractivity contribution in [3.8, 4) is 0 Å². The molecular formula is C19H24N4O2S. The molecule has 0 aromatic carbocycles. The number of aromatic amines is 1. The van der Waals surface area contributed by atoms with Crippen LogP contribution >= 0.6 is 11.3 Å². The molecule has 0 unspecified atom stereocenters. The number of fused-ring (bicyclic) bond motifs is 3. The molecule has 0 spiro atoms. The number of aromatic nitrogens is 2. The Bertz CT molecular complexity index is 906. The van der Waals surface area contributed by atoms with Gasteiger partial charge in [-0.15, -0.1) is 11.3 Å². The summed E-state index contributed by atoms with van der Waals surface area (Å²) in [6.45, 7) is 5.50. The lowest BCUT2D eigenvalue weighted by molar-refractivity contribution is -0.127. The van der Waals surface area contributed by atoms with E-state index in [1.807, 2.05) is 11.8 Å². The van der Waals surface area contributed by atoms with E-state index in [1.54, 1.807) is 23.5 Å². The zero-order valence-corrected chi connectivity index (χ0v) is 15.9. The predicted octanol–water partition coefficient (Wildman–Crippen LogP) is 2.08. The van der Waals surface area contributed by atoms with E-state index in [1.165, 1.54) is 16.9 Å². The maximum absolute atomic E-state index is 12.6. The summed E-state index contributed by atoms with van der Waals surface area (Å²) < 4.78 is 0. The number of amides is 1. The molecule has 7 heteroatoms. The second-order valence-electron chi connectivity index (χ2n) is 7.01. The van der Waals surface area contributed by atoms with Crippen LogP contribution in [0.4, 0.5) is 0 Å². The minimum absolute atomic E-state index is 0.00583. The van der Waals surface area contributed by atoms with E-state index in [0.717, 1.165) is 48.4 Å². The number of hydrogen-bond acceptors (Lipinski definition) is 5. The van der Waals surface area contributed by atoms with E-state index in [4.69, 9.17) is 4.98 Å². The molecule has 2 aromatic rings. The van der Waals surface area contributed by atoms with Crippen LogP contribution in [0, 0.1) is 0 Å². The first-order chi connectivity index (χ1) is 12.7. The van der Waals surface area contributed by atoms with E-state index < -0.39 is 0 Å². The fourth-order valence-electron chi connectivity index (χ4n) is 3.87. The Kier molecular flexibility index (Phi) is 4.91. The molecule has 138 valence electrons. The fraction of sp³-hybridized carbons (Fsp3) is 0.526. The first-order valence-electron chi connectivity index (χ1n) is 9.33. The van der Waals surface area contributed by atoms with Crippen LogP contribution in [0.15, 0.2) is 16.9 Å². The van der Waals surface area contributed by atoms with E-state index in [9.17, 15) is 9.59 Å². The highest BCUT2D eigenvalue weighted by atomic mass is 32.1. The lowest BCUT2D eigenvalue weighted by atomic mass is 9.97. The fourth-order valence-corrected chi connectivity index (χ4v) is 5.15. The Balaban J connectivity index is 1.48. The highest BCUT2D eigenvalue weighted by molar-refractivity contribution is 7.18. The van der Waals surface area contributed by atoms with Crippen molar-refractivity contribution in [2.24, 2.45) is 0 Å². The standard InChI is InChI=1S/C19H24N4O2S/c1-2-5-16(24)23-10-8-22(9-11-23)12-15-20-18(25)17-13-6-3-4-7-14(13)26-19(17)21-15/h2,5H,3-4,6-12H2,1H3,(H,20,21,25)/b5-2+. The molecule has 26 heavy (non-hydrogen) atoms. The van der Waals surface area contributed by atoms with Gasteiger partial charge in [0.2, 0.25) is 5.91 Å². The Labute approximate surface area is 156 Å². The van der Waals surface area contributed by atoms with E-state index >= 15 is 0 Å². The van der Waals surface area contributed by atoms with Gasteiger partial charge in [-0.05, 0) is 44.2 Å². The van der Waals surface area contributed by atoms with Crippen LogP contribution in [0.25, 0.3) is 10.2 Å². The van der Waals surface area contributed by atoms with Gasteiger partial charge in [0, 0.05) is 31.1 Å². The maximum Gasteiger partial charge on any atom is 0.259 e. The Morgan fingerprint density at radius 2 is 2.00 bits per heavy atom. The topological polar surface area (TPSA) is 69.3 Å². The number of piperazine rings is 1. The number of nitrogens with zero attached hydrogens (tertiary/aromatic N) is 3. The first kappa shape index (κ1) is 17.4. The van der Waals surface area contributed by atoms with Crippen LogP contribution in [0.5, 0.6) is 0 Å². The molecule has 1 fully saturated rings. The van der Waals surface area contributed by atoms with Crippen LogP contribution in [-0.2, 0) is 24.2 Å². The number of allylic oxidation sites excluding steroid dienone is 1. The van der Waals surface area contributed by atoms with E-state index in [2.05, 4.69) is 9.88 Å². The molecule has 0 radical (unpaired) electrons. The van der Waals surface area contributed by atoms with Crippen molar-refractivity contribution in [1.82, 2.24) is 19.8 Å². The number of nitrogens with one attached hydrogen (secondary N) is 1. The highest BCUT2D eigenvalue weighted by Gasteiger charge is 2.22. The molecular weight excluding hydrogens is 348 g/mol. The van der Waals surface area contributed by atoms with Gasteiger partial charge in [-0.3, -0.25) is 14.5 Å². The molecule has 1 N–H and O–H groups in total. The van der Waals surface area contributed by atoms with Crippen molar-refractivity contribution in [3.63, 3.8) is 0 Å². The number of carbonyl (C=O) groups is 1. The van der Waals surface area contributed by atoms with Crippen molar-refractivity contribution in [2.45, 2.75) is 39.2 Å². The monoisotopic (exact) mass is 372 g/mol. The van der Waals surface area contributed by atoms with Gasteiger partial charge in [0.05, 0.1) is 11.9 Å². The average Bonchev–Trinajstić information content (AvgIpc) is 3.01. The van der Waals surface area contributed by atoms with Crippen molar-refractivity contribution >= 4 is 27.5 Å². The largest absolute Gasteiger partial charge is 0.337 e. The molecule has 0 bridgehead atoms. The van der Waals surface area contributed by atoms with Gasteiger partial charge < -0.3 is 9.88 Å². The minimum Gasteiger partial charge on any atom is -0.337 e. The maximum atomic E-state index is 12.6. The van der Waals surface area contributed by atoms with Gasteiger partial charge in [0.15, 0.2) is 0 Å². The van der Waals surface area contributed by atoms with Gasteiger partial charge in [-0.1, -0.05) is 6.08 Å². The van der Waals surface area contributed by atoms with E-state index in [-0.39, 0.29) is 11.5 Å². The van der Waals surface area contributed by atoms with Crippen LogP contribution < -0.4 is 5.56 Å². The smallest absolute Gasteiger partial charge is 0.259 e. The molecule has 1 amide bonds. The Morgan fingerprint density at radius 3 is 2.77 bits per heavy atom. The molecule has 6 nitrogen and oxygen atoms in total. The zero-order chi connectivity index (χ0) is 18.1. The summed E-state index contributed by atoms with van der Waals surface area (Å²) in [6, 6.07) is 0. The third-order valence-electron chi connectivity index (χ3n) is 5.24. The van der Waals surface area contributed by atoms with Crippen LogP contribution in [0.3, 0.4) is 0 Å². The summed E-state index contributed by atoms with van der Waals surface area (Å²) in [7, 11) is 0. The summed E-state index contributed by atoms with van der Waals surface area (Å²) >= 11 is 1.69. The van der Waals surface area contributed by atoms with Crippen molar-refractivity contribution in [3.05, 3.63) is 38.8 Å². The minimum atomic E-state index is 0.00583. The van der Waals surface area contributed by atoms with Gasteiger partial charge in [-0.25, -0.2) is 4.98 Å². The van der Waals surface area contributed by atoms with E-state index in [0.29, 0.717) is 19.6 Å². The number of H-pyrrole nitrogens is 1. The first-order valence-corrected chi connectivity index (χ1v) is 10.1. The molecule has 1 saturated heterocycles. The molecule has 2 aliphatic rings. The van der Waals surface area contributed by atoms with Crippen molar-refractivity contribution < 1.29 is 4.79 Å². The summed E-state index contributed by atoms with van der Waals surface area (Å²) in [5.41, 5.74) is 1.24. The number of aryl methyl sites for hydroxylation is 2. The molecule has 2 aromatic heterocycles. The molecule has 4 rings (SSSR count). The molecule has 1 aliphatic heterocycles. The van der Waals surface area contributed by atoms with Crippen LogP contribution in [0.2, 0.25) is 0 Å². The average molecular weight is 372 g/mol. The number of rotatable bonds is 3. The quantitative estimate of drug-likeness (QED) is 0.838. The van der Waals surface area contributed by atoms with Crippen molar-refractivity contribution in [1.29, 1.82) is 0 Å². The van der Waals surface area contributed by atoms with Crippen LogP contribution in [-0.4, -0.2) is 51.9 Å². The zero-order valence-electron chi connectivity index (χ0n) is 15.1. The number of hydrogen-bond donors (Lipinski definition) is 1. The number of thiophene rings is 1. The summed E-state index contributed by atoms with van der Waals surface area (Å²) in [5, 5.41) is 0.815. The van der Waals surface area contributed by atoms with Gasteiger partial charge in [-0.2, -0.15) is 0 Å². The third kappa shape index (κ3) is 3.33. The normalized spacial score (nSPS) is 18.6. The lowest BCUT2D eigenvalue weighted by Gasteiger charge is -2.33. The molecule has 1 aliphatic carbocycles. The summed E-state index contributed by atoms with van der Waals surface area (Å²) in [4.78, 5) is 38.6. The summed E-state index contributed by atoms with van der Waals surface area (Å²) in [5.74, 6) is 0.804. The Hall–Kier alpha value is -1.99. The molecule has 3 heterocycles.